The molecule has 3 rings (SSSR count). The van der Waals surface area contributed by atoms with Crippen molar-refractivity contribution in [1.29, 1.82) is 0 Å². The number of rotatable bonds is 9. The van der Waals surface area contributed by atoms with Gasteiger partial charge in [0.15, 0.2) is 0 Å². The molecule has 0 saturated carbocycles. The predicted molar refractivity (Wildman–Crippen MR) is 112 cm³/mol. The third-order valence-electron chi connectivity index (χ3n) is 5.13. The molecule has 2 atom stereocenters. The molecule has 1 aliphatic heterocycles. The third kappa shape index (κ3) is 6.24. The topological polar surface area (TPSA) is 53.6 Å². The highest BCUT2D eigenvalue weighted by atomic mass is 35.5. The molecule has 2 aromatic carbocycles. The Morgan fingerprint density at radius 3 is 2.86 bits per heavy atom. The Hall–Kier alpha value is -1.99. The van der Waals surface area contributed by atoms with E-state index >= 15 is 0 Å². The van der Waals surface area contributed by atoms with Gasteiger partial charge in [0.1, 0.15) is 5.82 Å². The Balaban J connectivity index is 1.65. The number of amides is 1. The highest BCUT2D eigenvalue weighted by Crippen LogP contribution is 2.24. The van der Waals surface area contributed by atoms with E-state index in [-0.39, 0.29) is 23.8 Å². The van der Waals surface area contributed by atoms with Gasteiger partial charge < -0.3 is 15.4 Å². The van der Waals surface area contributed by atoms with Gasteiger partial charge in [-0.2, -0.15) is 0 Å². The molecule has 1 fully saturated rings. The molecule has 1 aliphatic rings. The van der Waals surface area contributed by atoms with Gasteiger partial charge in [0.2, 0.25) is 5.91 Å². The number of ether oxygens (including phenoxy) is 1. The van der Waals surface area contributed by atoms with Crippen molar-refractivity contribution in [2.75, 3.05) is 26.8 Å². The number of carbonyl (C=O) groups is 1. The van der Waals surface area contributed by atoms with Gasteiger partial charge in [-0.3, -0.25) is 9.69 Å². The second kappa shape index (κ2) is 10.7. The number of carbonyl (C=O) groups excluding carboxylic acids is 1. The number of benzene rings is 2. The zero-order chi connectivity index (χ0) is 20.6. The first-order valence-corrected chi connectivity index (χ1v) is 10.2. The lowest BCUT2D eigenvalue weighted by Crippen LogP contribution is -2.43. The Labute approximate surface area is 176 Å². The first-order valence-electron chi connectivity index (χ1n) is 9.78. The van der Waals surface area contributed by atoms with Crippen molar-refractivity contribution >= 4 is 17.5 Å². The van der Waals surface area contributed by atoms with Crippen molar-refractivity contribution in [3.8, 4) is 0 Å². The Morgan fingerprint density at radius 2 is 2.10 bits per heavy atom. The molecule has 0 aromatic heterocycles. The van der Waals surface area contributed by atoms with Crippen LogP contribution >= 0.6 is 11.6 Å². The molecule has 5 nitrogen and oxygen atoms in total. The average molecular weight is 420 g/mol. The maximum Gasteiger partial charge on any atom is 0.237 e. The van der Waals surface area contributed by atoms with Crippen LogP contribution in [0.15, 0.2) is 48.5 Å². The van der Waals surface area contributed by atoms with Gasteiger partial charge in [-0.15, -0.1) is 0 Å². The number of hydrogen-bond acceptors (Lipinski definition) is 4. The van der Waals surface area contributed by atoms with Crippen molar-refractivity contribution in [1.82, 2.24) is 15.5 Å². The van der Waals surface area contributed by atoms with Gasteiger partial charge in [-0.1, -0.05) is 41.9 Å². The molecule has 1 heterocycles. The summed E-state index contributed by atoms with van der Waals surface area (Å²) < 4.78 is 18.4. The number of methoxy groups -OCH3 is 1. The summed E-state index contributed by atoms with van der Waals surface area (Å²) in [5.74, 6) is -0.254. The van der Waals surface area contributed by atoms with Crippen LogP contribution in [0.5, 0.6) is 0 Å². The van der Waals surface area contributed by atoms with E-state index in [0.717, 1.165) is 11.1 Å². The summed E-state index contributed by atoms with van der Waals surface area (Å²) in [7, 11) is 1.61. The number of halogens is 2. The minimum absolute atomic E-state index is 0.0100. The number of nitrogens with one attached hydrogen (secondary N) is 2. The quantitative estimate of drug-likeness (QED) is 0.613. The summed E-state index contributed by atoms with van der Waals surface area (Å²) in [6.07, 6.45) is 0.679. The maximum atomic E-state index is 13.4. The summed E-state index contributed by atoms with van der Waals surface area (Å²) in [5.41, 5.74) is 1.88. The zero-order valence-electron chi connectivity index (χ0n) is 16.5. The van der Waals surface area contributed by atoms with Gasteiger partial charge in [-0.25, -0.2) is 4.39 Å². The summed E-state index contributed by atoms with van der Waals surface area (Å²) in [4.78, 5) is 14.9. The van der Waals surface area contributed by atoms with E-state index in [2.05, 4.69) is 15.5 Å². The van der Waals surface area contributed by atoms with Crippen LogP contribution in [0, 0.1) is 5.82 Å². The SMILES string of the molecule is COCCNC(=O)[C@@H]1C[C@H](NCc2cccc(F)c2)CN1Cc1ccccc1Cl. The van der Waals surface area contributed by atoms with E-state index < -0.39 is 0 Å². The van der Waals surface area contributed by atoms with Crippen LogP contribution in [-0.4, -0.2) is 49.7 Å². The molecule has 0 unspecified atom stereocenters. The predicted octanol–water partition coefficient (Wildman–Crippen LogP) is 2.97. The number of hydrogen-bond donors (Lipinski definition) is 2. The highest BCUT2D eigenvalue weighted by molar-refractivity contribution is 6.31. The zero-order valence-corrected chi connectivity index (χ0v) is 17.3. The molecule has 2 N–H and O–H groups in total. The molecular weight excluding hydrogens is 393 g/mol. The molecular formula is C22H27ClFN3O2. The van der Waals surface area contributed by atoms with Gasteiger partial charge in [0, 0.05) is 44.4 Å². The van der Waals surface area contributed by atoms with Crippen LogP contribution in [-0.2, 0) is 22.6 Å². The lowest BCUT2D eigenvalue weighted by atomic mass is 10.1. The summed E-state index contributed by atoms with van der Waals surface area (Å²) >= 11 is 6.33. The Bertz CT molecular complexity index is 820. The van der Waals surface area contributed by atoms with E-state index in [1.165, 1.54) is 12.1 Å². The van der Waals surface area contributed by atoms with E-state index in [4.69, 9.17) is 16.3 Å². The molecule has 1 saturated heterocycles. The fourth-order valence-electron chi connectivity index (χ4n) is 3.65. The maximum absolute atomic E-state index is 13.4. The van der Waals surface area contributed by atoms with Crippen molar-refractivity contribution in [3.05, 3.63) is 70.5 Å². The minimum Gasteiger partial charge on any atom is -0.383 e. The fraction of sp³-hybridized carbons (Fsp3) is 0.409. The highest BCUT2D eigenvalue weighted by Gasteiger charge is 2.36. The van der Waals surface area contributed by atoms with Crippen LogP contribution in [0.4, 0.5) is 4.39 Å². The van der Waals surface area contributed by atoms with Crippen molar-refractivity contribution in [3.63, 3.8) is 0 Å². The summed E-state index contributed by atoms with van der Waals surface area (Å²) in [6.45, 7) is 2.82. The normalized spacial score (nSPS) is 19.4. The molecule has 0 radical (unpaired) electrons. The van der Waals surface area contributed by atoms with Crippen LogP contribution in [0.3, 0.4) is 0 Å². The van der Waals surface area contributed by atoms with Crippen LogP contribution in [0.2, 0.25) is 5.02 Å². The summed E-state index contributed by atoms with van der Waals surface area (Å²) in [5, 5.41) is 7.10. The summed E-state index contributed by atoms with van der Waals surface area (Å²) in [6, 6.07) is 14.1. The van der Waals surface area contributed by atoms with Gasteiger partial charge >= 0.3 is 0 Å². The Kier molecular flexibility index (Phi) is 8.00. The third-order valence-corrected chi connectivity index (χ3v) is 5.50. The first-order chi connectivity index (χ1) is 14.1. The molecule has 2 aromatic rings. The largest absolute Gasteiger partial charge is 0.383 e. The second-order valence-corrected chi connectivity index (χ2v) is 7.67. The fourth-order valence-corrected chi connectivity index (χ4v) is 3.84. The van der Waals surface area contributed by atoms with Crippen molar-refractivity contribution in [2.45, 2.75) is 31.6 Å². The van der Waals surface area contributed by atoms with Gasteiger partial charge in [0.05, 0.1) is 12.6 Å². The molecule has 156 valence electrons. The number of likely N-dealkylation sites (tertiary alicyclic amines) is 1. The number of nitrogens with zero attached hydrogens (tertiary/aromatic N) is 1. The second-order valence-electron chi connectivity index (χ2n) is 7.26. The van der Waals surface area contributed by atoms with E-state index in [1.54, 1.807) is 13.2 Å². The van der Waals surface area contributed by atoms with E-state index in [1.807, 2.05) is 30.3 Å². The average Bonchev–Trinajstić information content (AvgIpc) is 3.11. The van der Waals surface area contributed by atoms with Crippen molar-refractivity contribution < 1.29 is 13.9 Å². The molecule has 7 heteroatoms. The molecule has 0 aliphatic carbocycles. The first kappa shape index (κ1) is 21.7. The smallest absolute Gasteiger partial charge is 0.237 e. The van der Waals surface area contributed by atoms with Crippen molar-refractivity contribution in [2.24, 2.45) is 0 Å². The minimum atomic E-state index is -0.256. The van der Waals surface area contributed by atoms with E-state index in [9.17, 15) is 9.18 Å². The lowest BCUT2D eigenvalue weighted by Gasteiger charge is -2.24. The molecule has 0 bridgehead atoms. The monoisotopic (exact) mass is 419 g/mol. The van der Waals surface area contributed by atoms with E-state index in [0.29, 0.717) is 44.2 Å². The molecule has 1 amide bonds. The Morgan fingerprint density at radius 1 is 1.28 bits per heavy atom. The van der Waals surface area contributed by atoms with Gasteiger partial charge in [-0.05, 0) is 35.7 Å². The molecule has 0 spiro atoms. The van der Waals surface area contributed by atoms with Gasteiger partial charge in [0.25, 0.3) is 0 Å². The van der Waals surface area contributed by atoms with Crippen LogP contribution in [0.25, 0.3) is 0 Å². The van der Waals surface area contributed by atoms with Crippen LogP contribution < -0.4 is 10.6 Å². The van der Waals surface area contributed by atoms with Crippen LogP contribution in [0.1, 0.15) is 17.5 Å². The lowest BCUT2D eigenvalue weighted by molar-refractivity contribution is -0.125. The molecule has 29 heavy (non-hydrogen) atoms. The standard InChI is InChI=1S/C22H27ClFN3O2/c1-29-10-9-25-22(28)21-12-19(26-13-16-5-4-7-18(24)11-16)15-27(21)14-17-6-2-3-8-20(17)23/h2-8,11,19,21,26H,9-10,12-15H2,1H3,(H,25,28)/t19-,21-/m0/s1.